The zero-order valence-corrected chi connectivity index (χ0v) is 14.2. The van der Waals surface area contributed by atoms with Crippen molar-refractivity contribution in [1.82, 2.24) is 0 Å². The summed E-state index contributed by atoms with van der Waals surface area (Å²) in [6.45, 7) is 9.16. The topological polar surface area (TPSA) is 85.2 Å². The van der Waals surface area contributed by atoms with Crippen molar-refractivity contribution >= 4 is 47.0 Å². The van der Waals surface area contributed by atoms with Gasteiger partial charge in [0.2, 0.25) is 0 Å². The number of esters is 1. The molecule has 7 heteroatoms. The van der Waals surface area contributed by atoms with Crippen molar-refractivity contribution in [3.8, 4) is 0 Å². The first-order valence-electron chi connectivity index (χ1n) is 7.64. The van der Waals surface area contributed by atoms with Gasteiger partial charge in [0.1, 0.15) is 18.3 Å². The molecule has 1 N–H and O–H groups in total. The Balaban J connectivity index is 0.00000529. The Labute approximate surface area is 165 Å². The third-order valence-corrected chi connectivity index (χ3v) is 3.78. The number of oxime groups is 1. The number of rotatable bonds is 7. The van der Waals surface area contributed by atoms with Crippen LogP contribution in [0.4, 0.5) is 0 Å². The monoisotopic (exact) mass is 347 g/mol. The van der Waals surface area contributed by atoms with E-state index in [2.05, 4.69) is 11.7 Å². The van der Waals surface area contributed by atoms with Gasteiger partial charge in [0.25, 0.3) is 0 Å². The van der Waals surface area contributed by atoms with Crippen molar-refractivity contribution in [3.63, 3.8) is 0 Å². The number of Topliss-reactive ketones (excluding diaryl/α,β-unsaturated/α-hetero) is 1. The molecule has 1 atom stereocenters. The summed E-state index contributed by atoms with van der Waals surface area (Å²) in [7, 11) is 1.25. The molecule has 130 valence electrons. The number of ether oxygens (including phenoxy) is 1. The van der Waals surface area contributed by atoms with Gasteiger partial charge >= 0.3 is 35.5 Å². The van der Waals surface area contributed by atoms with E-state index in [1.54, 1.807) is 13.8 Å². The van der Waals surface area contributed by atoms with Gasteiger partial charge in [-0.2, -0.15) is 0 Å². The first kappa shape index (κ1) is 22.9. The molecule has 1 aliphatic carbocycles. The number of aliphatic hydroxyl groups excluding tert-OH is 1. The Hall–Kier alpha value is -1.11. The van der Waals surface area contributed by atoms with Gasteiger partial charge in [0.15, 0.2) is 5.78 Å². The summed E-state index contributed by atoms with van der Waals surface area (Å²) in [6, 6.07) is 0. The van der Waals surface area contributed by atoms with Crippen LogP contribution in [0.25, 0.3) is 0 Å². The molecule has 0 saturated heterocycles. The molecule has 1 aliphatic rings. The average molecular weight is 347 g/mol. The number of aliphatic hydroxyl groups is 1. The number of methoxy groups -OCH3 is 1. The molecule has 0 aromatic rings. The van der Waals surface area contributed by atoms with Crippen LogP contribution in [0, 0.1) is 11.3 Å². The van der Waals surface area contributed by atoms with Crippen LogP contribution in [0.5, 0.6) is 0 Å². The molecular formula is C17H26NNaO5. The summed E-state index contributed by atoms with van der Waals surface area (Å²) >= 11 is 0. The molecule has 0 amide bonds. The number of carbonyl (C=O) groups excluding carboxylic acids is 2. The predicted molar refractivity (Wildman–Crippen MR) is 94.2 cm³/mol. The zero-order chi connectivity index (χ0) is 17.6. The quantitative estimate of drug-likeness (QED) is 0.145. The van der Waals surface area contributed by atoms with Crippen LogP contribution in [0.1, 0.15) is 40.0 Å². The minimum absolute atomic E-state index is 0. The average Bonchev–Trinajstić information content (AvgIpc) is 2.45. The second-order valence-corrected chi connectivity index (χ2v) is 6.18. The zero-order valence-electron chi connectivity index (χ0n) is 14.2. The van der Waals surface area contributed by atoms with Crippen LogP contribution in [0.15, 0.2) is 29.1 Å². The van der Waals surface area contributed by atoms with Crippen molar-refractivity contribution in [2.75, 3.05) is 13.7 Å². The second-order valence-electron chi connectivity index (χ2n) is 6.18. The van der Waals surface area contributed by atoms with E-state index in [0.29, 0.717) is 18.6 Å². The molecule has 0 radical (unpaired) electrons. The van der Waals surface area contributed by atoms with Gasteiger partial charge in [0.05, 0.1) is 18.4 Å². The van der Waals surface area contributed by atoms with Crippen molar-refractivity contribution in [2.24, 2.45) is 16.5 Å². The molecule has 0 bridgehead atoms. The standard InChI is InChI=1S/C17H25NO5.Na.H/c1-6-8-11(18-23-9-7-2)13-12(19)10-17(3,4)14(15(13)20)16(21)22-5;;/h7,14,19H,2,6,8-10H2,1,3-5H3;;. The summed E-state index contributed by atoms with van der Waals surface area (Å²) in [5.41, 5.74) is -0.302. The molecular weight excluding hydrogens is 321 g/mol. The van der Waals surface area contributed by atoms with E-state index < -0.39 is 23.1 Å². The summed E-state index contributed by atoms with van der Waals surface area (Å²) in [4.78, 5) is 30.0. The number of hydrogen-bond donors (Lipinski definition) is 1. The van der Waals surface area contributed by atoms with Gasteiger partial charge in [-0.3, -0.25) is 9.59 Å². The van der Waals surface area contributed by atoms with E-state index in [0.717, 1.165) is 0 Å². The SMILES string of the molecule is C=CCON=C(CCC)C1=C(O)CC(C)(C)C(C(=O)OC)C1=O.[NaH]. The molecule has 6 nitrogen and oxygen atoms in total. The third-order valence-electron chi connectivity index (χ3n) is 3.78. The maximum atomic E-state index is 12.8. The van der Waals surface area contributed by atoms with E-state index in [9.17, 15) is 14.7 Å². The molecule has 0 aliphatic heterocycles. The van der Waals surface area contributed by atoms with E-state index in [1.165, 1.54) is 13.2 Å². The van der Waals surface area contributed by atoms with Crippen molar-refractivity contribution in [2.45, 2.75) is 40.0 Å². The van der Waals surface area contributed by atoms with Crippen LogP contribution < -0.4 is 0 Å². The molecule has 0 fully saturated rings. The van der Waals surface area contributed by atoms with Gasteiger partial charge < -0.3 is 14.7 Å². The number of allylic oxidation sites excluding steroid dienone is 2. The molecule has 0 aromatic carbocycles. The Bertz CT molecular complexity index is 551. The van der Waals surface area contributed by atoms with E-state index >= 15 is 0 Å². The third kappa shape index (κ3) is 5.19. The fraction of sp³-hybridized carbons (Fsp3) is 0.588. The van der Waals surface area contributed by atoms with Crippen LogP contribution >= 0.6 is 0 Å². The fourth-order valence-electron chi connectivity index (χ4n) is 2.74. The van der Waals surface area contributed by atoms with Gasteiger partial charge in [-0.25, -0.2) is 0 Å². The first-order chi connectivity index (χ1) is 10.8. The molecule has 0 spiro atoms. The van der Waals surface area contributed by atoms with Gasteiger partial charge in [-0.05, 0) is 11.8 Å². The summed E-state index contributed by atoms with van der Waals surface area (Å²) < 4.78 is 4.77. The van der Waals surface area contributed by atoms with E-state index in [-0.39, 0.29) is 53.9 Å². The van der Waals surface area contributed by atoms with Gasteiger partial charge in [0, 0.05) is 6.42 Å². The predicted octanol–water partition coefficient (Wildman–Crippen LogP) is 2.30. The number of nitrogens with zero attached hydrogens (tertiary/aromatic N) is 1. The Kier molecular flexibility index (Phi) is 9.55. The van der Waals surface area contributed by atoms with Crippen LogP contribution in [0.2, 0.25) is 0 Å². The molecule has 24 heavy (non-hydrogen) atoms. The second kappa shape index (κ2) is 10.0. The van der Waals surface area contributed by atoms with Crippen molar-refractivity contribution < 1.29 is 24.3 Å². The van der Waals surface area contributed by atoms with Gasteiger partial charge in [-0.1, -0.05) is 45.0 Å². The minimum atomic E-state index is -0.972. The fourth-order valence-corrected chi connectivity index (χ4v) is 2.74. The molecule has 1 unspecified atom stereocenters. The van der Waals surface area contributed by atoms with E-state index in [4.69, 9.17) is 9.57 Å². The molecule has 0 heterocycles. The van der Waals surface area contributed by atoms with Crippen molar-refractivity contribution in [3.05, 3.63) is 24.0 Å². The molecule has 1 rings (SSSR count). The number of carbonyl (C=O) groups is 2. The van der Waals surface area contributed by atoms with E-state index in [1.807, 2.05) is 6.92 Å². The number of hydrogen-bond acceptors (Lipinski definition) is 6. The Morgan fingerprint density at radius 1 is 1.50 bits per heavy atom. The van der Waals surface area contributed by atoms with Crippen LogP contribution in [-0.4, -0.2) is 65.8 Å². The van der Waals surface area contributed by atoms with Crippen LogP contribution in [-0.2, 0) is 19.2 Å². The molecule has 0 aromatic heterocycles. The normalized spacial score (nSPS) is 20.2. The van der Waals surface area contributed by atoms with Crippen LogP contribution in [0.3, 0.4) is 0 Å². The summed E-state index contributed by atoms with van der Waals surface area (Å²) in [5, 5.41) is 14.3. The Morgan fingerprint density at radius 3 is 2.62 bits per heavy atom. The summed E-state index contributed by atoms with van der Waals surface area (Å²) in [5.74, 6) is -2.11. The molecule has 0 saturated carbocycles. The van der Waals surface area contributed by atoms with Gasteiger partial charge in [-0.15, -0.1) is 0 Å². The maximum absolute atomic E-state index is 12.8. The van der Waals surface area contributed by atoms with Crippen molar-refractivity contribution in [1.29, 1.82) is 0 Å². The first-order valence-corrected chi connectivity index (χ1v) is 7.64. The number of ketones is 1. The Morgan fingerprint density at radius 2 is 2.12 bits per heavy atom. The summed E-state index contributed by atoms with van der Waals surface area (Å²) in [6.07, 6.45) is 2.89.